The van der Waals surface area contributed by atoms with E-state index < -0.39 is 5.60 Å². The first-order chi connectivity index (χ1) is 7.31. The molecule has 0 N–H and O–H groups in total. The maximum atomic E-state index is 12.0. The Morgan fingerprint density at radius 2 is 2.00 bits per heavy atom. The largest absolute Gasteiger partial charge is 0.467 e. The molecule has 2 unspecified atom stereocenters. The standard InChI is InChI=1S/C13H22O3/c1-9(2)8-12(10(14)15-5)13(16-12)7-6-11(13,3)4/h9H,6-8H2,1-5H3. The fourth-order valence-electron chi connectivity index (χ4n) is 3.30. The quantitative estimate of drug-likeness (QED) is 0.548. The minimum absolute atomic E-state index is 0.107. The lowest BCUT2D eigenvalue weighted by Gasteiger charge is -2.44. The highest BCUT2D eigenvalue weighted by molar-refractivity contribution is 5.85. The van der Waals surface area contributed by atoms with Gasteiger partial charge in [0, 0.05) is 0 Å². The lowest BCUT2D eigenvalue weighted by Crippen LogP contribution is -2.52. The average Bonchev–Trinajstić information content (AvgIpc) is 2.87. The van der Waals surface area contributed by atoms with Crippen molar-refractivity contribution < 1.29 is 14.3 Å². The summed E-state index contributed by atoms with van der Waals surface area (Å²) < 4.78 is 10.9. The van der Waals surface area contributed by atoms with Gasteiger partial charge in [0.1, 0.15) is 5.60 Å². The summed E-state index contributed by atoms with van der Waals surface area (Å²) >= 11 is 0. The molecule has 3 heteroatoms. The molecule has 1 heterocycles. The summed E-state index contributed by atoms with van der Waals surface area (Å²) in [5.41, 5.74) is -0.787. The first-order valence-corrected chi connectivity index (χ1v) is 6.10. The first-order valence-electron chi connectivity index (χ1n) is 6.10. The van der Waals surface area contributed by atoms with Crippen LogP contribution in [0.25, 0.3) is 0 Å². The van der Waals surface area contributed by atoms with Gasteiger partial charge >= 0.3 is 5.97 Å². The molecule has 2 atom stereocenters. The zero-order valence-electron chi connectivity index (χ0n) is 10.9. The van der Waals surface area contributed by atoms with E-state index in [1.54, 1.807) is 0 Å². The lowest BCUT2D eigenvalue weighted by atomic mass is 9.56. The zero-order chi connectivity index (χ0) is 12.2. The van der Waals surface area contributed by atoms with E-state index in [1.807, 2.05) is 0 Å². The number of esters is 1. The van der Waals surface area contributed by atoms with E-state index in [4.69, 9.17) is 9.47 Å². The Balaban J connectivity index is 2.24. The topological polar surface area (TPSA) is 38.8 Å². The van der Waals surface area contributed by atoms with Gasteiger partial charge in [0.2, 0.25) is 0 Å². The number of hydrogen-bond acceptors (Lipinski definition) is 3. The summed E-state index contributed by atoms with van der Waals surface area (Å²) in [6, 6.07) is 0. The molecule has 2 rings (SSSR count). The molecule has 0 aromatic rings. The van der Waals surface area contributed by atoms with Gasteiger partial charge in [-0.15, -0.1) is 0 Å². The van der Waals surface area contributed by atoms with Gasteiger partial charge in [-0.05, 0) is 30.6 Å². The Bertz CT molecular complexity index is 321. The normalized spacial score (nSPS) is 39.6. The minimum Gasteiger partial charge on any atom is -0.467 e. The van der Waals surface area contributed by atoms with E-state index in [9.17, 15) is 4.79 Å². The van der Waals surface area contributed by atoms with Crippen LogP contribution < -0.4 is 0 Å². The maximum Gasteiger partial charge on any atom is 0.341 e. The number of methoxy groups -OCH3 is 1. The van der Waals surface area contributed by atoms with Crippen molar-refractivity contribution in [3.63, 3.8) is 0 Å². The third kappa shape index (κ3) is 1.21. The van der Waals surface area contributed by atoms with Gasteiger partial charge in [-0.1, -0.05) is 27.7 Å². The van der Waals surface area contributed by atoms with Gasteiger partial charge in [0.05, 0.1) is 7.11 Å². The summed E-state index contributed by atoms with van der Waals surface area (Å²) in [5.74, 6) is 0.254. The fraction of sp³-hybridized carbons (Fsp3) is 0.923. The van der Waals surface area contributed by atoms with Crippen molar-refractivity contribution in [3.05, 3.63) is 0 Å². The van der Waals surface area contributed by atoms with Crippen molar-refractivity contribution in [1.82, 2.24) is 0 Å². The molecule has 0 aromatic carbocycles. The Morgan fingerprint density at radius 3 is 2.25 bits per heavy atom. The van der Waals surface area contributed by atoms with Crippen LogP contribution in [0.5, 0.6) is 0 Å². The molecule has 1 spiro atoms. The van der Waals surface area contributed by atoms with Gasteiger partial charge in [0.25, 0.3) is 0 Å². The van der Waals surface area contributed by atoms with Crippen LogP contribution in [0, 0.1) is 11.3 Å². The Labute approximate surface area is 97.5 Å². The predicted octanol–water partition coefficient (Wildman–Crippen LogP) is 2.53. The van der Waals surface area contributed by atoms with E-state index in [2.05, 4.69) is 27.7 Å². The highest BCUT2D eigenvalue weighted by Crippen LogP contribution is 2.71. The van der Waals surface area contributed by atoms with Crippen LogP contribution in [0.15, 0.2) is 0 Å². The van der Waals surface area contributed by atoms with Crippen LogP contribution in [-0.2, 0) is 14.3 Å². The van der Waals surface area contributed by atoms with Crippen LogP contribution in [0.4, 0.5) is 0 Å². The zero-order valence-corrected chi connectivity index (χ0v) is 10.9. The first kappa shape index (κ1) is 11.9. The molecule has 1 aliphatic carbocycles. The lowest BCUT2D eigenvalue weighted by molar-refractivity contribution is -0.148. The molecule has 0 amide bonds. The van der Waals surface area contributed by atoms with Crippen LogP contribution >= 0.6 is 0 Å². The van der Waals surface area contributed by atoms with Crippen molar-refractivity contribution in [2.24, 2.45) is 11.3 Å². The van der Waals surface area contributed by atoms with Gasteiger partial charge in [-0.3, -0.25) is 0 Å². The van der Waals surface area contributed by atoms with Crippen LogP contribution in [0.3, 0.4) is 0 Å². The molecule has 92 valence electrons. The van der Waals surface area contributed by atoms with Gasteiger partial charge in [0.15, 0.2) is 5.60 Å². The SMILES string of the molecule is COC(=O)C1(CC(C)C)OC12CCC2(C)C. The summed E-state index contributed by atoms with van der Waals surface area (Å²) in [5, 5.41) is 0. The molecule has 1 saturated heterocycles. The average molecular weight is 226 g/mol. The van der Waals surface area contributed by atoms with E-state index >= 15 is 0 Å². The highest BCUT2D eigenvalue weighted by atomic mass is 16.7. The number of epoxide rings is 1. The third-order valence-corrected chi connectivity index (χ3v) is 4.37. The molecular weight excluding hydrogens is 204 g/mol. The minimum atomic E-state index is -0.655. The van der Waals surface area contributed by atoms with Crippen LogP contribution in [-0.4, -0.2) is 24.3 Å². The van der Waals surface area contributed by atoms with Gasteiger partial charge < -0.3 is 9.47 Å². The predicted molar refractivity (Wildman–Crippen MR) is 61.0 cm³/mol. The molecule has 16 heavy (non-hydrogen) atoms. The Kier molecular flexibility index (Phi) is 2.40. The number of carbonyl (C=O) groups excluding carboxylic acids is 1. The number of hydrogen-bond donors (Lipinski definition) is 0. The van der Waals surface area contributed by atoms with E-state index in [0.29, 0.717) is 5.92 Å². The van der Waals surface area contributed by atoms with Crippen molar-refractivity contribution in [2.45, 2.75) is 58.2 Å². The van der Waals surface area contributed by atoms with Crippen molar-refractivity contribution >= 4 is 5.97 Å². The van der Waals surface area contributed by atoms with Gasteiger partial charge in [-0.25, -0.2) is 4.79 Å². The molecule has 0 aromatic heterocycles. The molecule has 3 nitrogen and oxygen atoms in total. The van der Waals surface area contributed by atoms with Crippen molar-refractivity contribution in [3.8, 4) is 0 Å². The van der Waals surface area contributed by atoms with Crippen LogP contribution in [0.1, 0.15) is 47.0 Å². The Hall–Kier alpha value is -0.570. The highest BCUT2D eigenvalue weighted by Gasteiger charge is 2.83. The Morgan fingerprint density at radius 1 is 1.38 bits per heavy atom. The molecular formula is C13H22O3. The molecule has 0 radical (unpaired) electrons. The van der Waals surface area contributed by atoms with E-state index in [0.717, 1.165) is 19.3 Å². The molecule has 1 aliphatic heterocycles. The van der Waals surface area contributed by atoms with Crippen LogP contribution in [0.2, 0.25) is 0 Å². The van der Waals surface area contributed by atoms with Crippen molar-refractivity contribution in [1.29, 1.82) is 0 Å². The van der Waals surface area contributed by atoms with Gasteiger partial charge in [-0.2, -0.15) is 0 Å². The summed E-state index contributed by atoms with van der Waals surface area (Å²) in [6.07, 6.45) is 2.88. The fourth-order valence-corrected chi connectivity index (χ4v) is 3.30. The molecule has 1 saturated carbocycles. The second-order valence-electron chi connectivity index (χ2n) is 6.23. The molecule has 2 aliphatic rings. The molecule has 2 fully saturated rings. The van der Waals surface area contributed by atoms with E-state index in [-0.39, 0.29) is 17.0 Å². The summed E-state index contributed by atoms with van der Waals surface area (Å²) in [7, 11) is 1.45. The maximum absolute atomic E-state index is 12.0. The third-order valence-electron chi connectivity index (χ3n) is 4.37. The second kappa shape index (κ2) is 3.22. The number of carbonyl (C=O) groups is 1. The number of ether oxygens (including phenoxy) is 2. The summed E-state index contributed by atoms with van der Waals surface area (Å²) in [4.78, 5) is 12.0. The smallest absolute Gasteiger partial charge is 0.341 e. The second-order valence-corrected chi connectivity index (χ2v) is 6.23. The number of rotatable bonds is 3. The molecule has 0 bridgehead atoms. The summed E-state index contributed by atoms with van der Waals surface area (Å²) in [6.45, 7) is 8.60. The van der Waals surface area contributed by atoms with Crippen molar-refractivity contribution in [2.75, 3.05) is 7.11 Å². The van der Waals surface area contributed by atoms with E-state index in [1.165, 1.54) is 7.11 Å². The monoisotopic (exact) mass is 226 g/mol.